The summed E-state index contributed by atoms with van der Waals surface area (Å²) in [5.41, 5.74) is 0. The van der Waals surface area contributed by atoms with Gasteiger partial charge in [-0.3, -0.25) is 4.79 Å². The van der Waals surface area contributed by atoms with Crippen LogP contribution in [0.4, 0.5) is 0 Å². The second-order valence-corrected chi connectivity index (χ2v) is 4.77. The highest BCUT2D eigenvalue weighted by Crippen LogP contribution is 2.15. The number of amides is 1. The Kier molecular flexibility index (Phi) is 5.12. The summed E-state index contributed by atoms with van der Waals surface area (Å²) in [5, 5.41) is 12.6. The molecule has 0 spiro atoms. The van der Waals surface area contributed by atoms with Crippen LogP contribution in [-0.4, -0.2) is 45.7 Å². The number of carboxylic acid groups (broad SMARTS) is 1. The Morgan fingerprint density at radius 3 is 2.70 bits per heavy atom. The van der Waals surface area contributed by atoms with Crippen LogP contribution in [0.1, 0.15) is 52.8 Å². The van der Waals surface area contributed by atoms with Crippen LogP contribution in [0, 0.1) is 0 Å². The summed E-state index contributed by atoms with van der Waals surface area (Å²) in [6.45, 7) is 4.24. The Bertz CT molecular complexity index is 692. The van der Waals surface area contributed by atoms with Crippen molar-refractivity contribution in [1.29, 1.82) is 0 Å². The maximum Gasteiger partial charge on any atom is 0.371 e. The number of carbonyl (C=O) groups excluding carboxylic acids is 1. The monoisotopic (exact) mass is 323 g/mol. The normalized spacial score (nSPS) is 12.1. The van der Waals surface area contributed by atoms with Crippen molar-refractivity contribution in [2.24, 2.45) is 0 Å². The van der Waals surface area contributed by atoms with E-state index in [4.69, 9.17) is 18.8 Å². The van der Waals surface area contributed by atoms with E-state index in [0.717, 1.165) is 0 Å². The zero-order valence-electron chi connectivity index (χ0n) is 13.0. The minimum Gasteiger partial charge on any atom is -0.475 e. The van der Waals surface area contributed by atoms with Gasteiger partial charge in [0.2, 0.25) is 11.7 Å². The highest BCUT2D eigenvalue weighted by Gasteiger charge is 2.21. The molecule has 1 amide bonds. The molecule has 0 aliphatic carbocycles. The summed E-state index contributed by atoms with van der Waals surface area (Å²) in [6, 6.07) is 2.52. The van der Waals surface area contributed by atoms with Crippen molar-refractivity contribution in [2.45, 2.75) is 26.5 Å². The van der Waals surface area contributed by atoms with Crippen LogP contribution >= 0.6 is 0 Å². The van der Waals surface area contributed by atoms with Crippen LogP contribution in [0.5, 0.6) is 0 Å². The first kappa shape index (κ1) is 16.7. The topological polar surface area (TPSA) is 119 Å². The molecule has 1 atom stereocenters. The van der Waals surface area contributed by atoms with Crippen molar-refractivity contribution in [1.82, 2.24) is 15.0 Å². The van der Waals surface area contributed by atoms with Gasteiger partial charge in [0, 0.05) is 13.7 Å². The first-order chi connectivity index (χ1) is 10.9. The predicted octanol–water partition coefficient (Wildman–Crippen LogP) is 1.73. The Balaban J connectivity index is 2.01. The molecular weight excluding hydrogens is 306 g/mol. The van der Waals surface area contributed by atoms with Crippen LogP contribution in [0.2, 0.25) is 0 Å². The van der Waals surface area contributed by atoms with E-state index >= 15 is 0 Å². The fraction of sp³-hybridized carbons (Fsp3) is 0.429. The number of hydrogen-bond donors (Lipinski definition) is 1. The molecule has 0 saturated heterocycles. The number of nitrogens with zero attached hydrogens (tertiary/aromatic N) is 3. The molecule has 0 saturated carbocycles. The first-order valence-corrected chi connectivity index (χ1v) is 6.95. The third kappa shape index (κ3) is 3.95. The Morgan fingerprint density at radius 2 is 2.09 bits per heavy atom. The number of aromatic carboxylic acids is 1. The van der Waals surface area contributed by atoms with E-state index < -0.39 is 11.9 Å². The molecule has 9 heteroatoms. The van der Waals surface area contributed by atoms with Crippen molar-refractivity contribution in [2.75, 3.05) is 13.7 Å². The molecular formula is C14H17N3O6. The van der Waals surface area contributed by atoms with Crippen molar-refractivity contribution in [3.05, 3.63) is 35.4 Å². The molecule has 2 aromatic rings. The van der Waals surface area contributed by atoms with Crippen LogP contribution in [-0.2, 0) is 11.3 Å². The predicted molar refractivity (Wildman–Crippen MR) is 75.8 cm³/mol. The van der Waals surface area contributed by atoms with Gasteiger partial charge in [0.05, 0.1) is 0 Å². The molecule has 1 N–H and O–H groups in total. The van der Waals surface area contributed by atoms with E-state index in [1.165, 1.54) is 24.1 Å². The van der Waals surface area contributed by atoms with Crippen LogP contribution < -0.4 is 0 Å². The second kappa shape index (κ2) is 7.05. The zero-order valence-corrected chi connectivity index (χ0v) is 13.0. The SMILES string of the molecule is CCOC(C)c1noc(CN(C)C(=O)c2ccc(C(=O)O)o2)n1. The van der Waals surface area contributed by atoms with Gasteiger partial charge in [-0.05, 0) is 26.0 Å². The maximum atomic E-state index is 12.2. The van der Waals surface area contributed by atoms with E-state index in [9.17, 15) is 9.59 Å². The highest BCUT2D eigenvalue weighted by atomic mass is 16.5. The average molecular weight is 323 g/mol. The third-order valence-electron chi connectivity index (χ3n) is 3.01. The molecule has 0 fully saturated rings. The third-order valence-corrected chi connectivity index (χ3v) is 3.01. The molecule has 0 bridgehead atoms. The van der Waals surface area contributed by atoms with E-state index in [-0.39, 0.29) is 30.1 Å². The summed E-state index contributed by atoms with van der Waals surface area (Å²) in [6.07, 6.45) is -0.304. The molecule has 124 valence electrons. The number of ether oxygens (including phenoxy) is 1. The molecule has 23 heavy (non-hydrogen) atoms. The second-order valence-electron chi connectivity index (χ2n) is 4.77. The lowest BCUT2D eigenvalue weighted by Crippen LogP contribution is -2.26. The molecule has 0 aromatic carbocycles. The lowest BCUT2D eigenvalue weighted by molar-refractivity contribution is 0.0650. The summed E-state index contributed by atoms with van der Waals surface area (Å²) in [7, 11) is 1.52. The largest absolute Gasteiger partial charge is 0.475 e. The molecule has 0 aliphatic rings. The van der Waals surface area contributed by atoms with Gasteiger partial charge in [0.25, 0.3) is 5.91 Å². The first-order valence-electron chi connectivity index (χ1n) is 6.95. The summed E-state index contributed by atoms with van der Waals surface area (Å²) >= 11 is 0. The molecule has 0 aliphatic heterocycles. The van der Waals surface area contributed by atoms with Gasteiger partial charge in [0.1, 0.15) is 12.6 Å². The number of furan rings is 1. The number of carboxylic acids is 1. The van der Waals surface area contributed by atoms with E-state index in [1.54, 1.807) is 6.92 Å². The number of hydrogen-bond acceptors (Lipinski definition) is 7. The van der Waals surface area contributed by atoms with E-state index in [0.29, 0.717) is 12.4 Å². The Labute approximate surface area is 131 Å². The number of rotatable bonds is 7. The van der Waals surface area contributed by atoms with Crippen molar-refractivity contribution in [3.8, 4) is 0 Å². The highest BCUT2D eigenvalue weighted by molar-refractivity contribution is 5.93. The fourth-order valence-electron chi connectivity index (χ4n) is 1.85. The minimum absolute atomic E-state index is 0.0633. The van der Waals surface area contributed by atoms with Gasteiger partial charge in [-0.25, -0.2) is 4.79 Å². The van der Waals surface area contributed by atoms with Gasteiger partial charge in [-0.15, -0.1) is 0 Å². The van der Waals surface area contributed by atoms with Gasteiger partial charge < -0.3 is 23.7 Å². The maximum absolute atomic E-state index is 12.2. The van der Waals surface area contributed by atoms with Gasteiger partial charge >= 0.3 is 5.97 Å². The Hall–Kier alpha value is -2.68. The Morgan fingerprint density at radius 1 is 1.39 bits per heavy atom. The molecule has 0 radical (unpaired) electrons. The molecule has 2 rings (SSSR count). The van der Waals surface area contributed by atoms with Crippen LogP contribution in [0.15, 0.2) is 21.1 Å². The summed E-state index contributed by atoms with van der Waals surface area (Å²) in [4.78, 5) is 28.3. The minimum atomic E-state index is -1.24. The molecule has 1 unspecified atom stereocenters. The fourth-order valence-corrected chi connectivity index (χ4v) is 1.85. The van der Waals surface area contributed by atoms with Crippen molar-refractivity contribution in [3.63, 3.8) is 0 Å². The van der Waals surface area contributed by atoms with E-state index in [2.05, 4.69) is 10.1 Å². The summed E-state index contributed by atoms with van der Waals surface area (Å²) in [5.74, 6) is -1.46. The lowest BCUT2D eigenvalue weighted by atomic mass is 10.3. The smallest absolute Gasteiger partial charge is 0.371 e. The van der Waals surface area contributed by atoms with Crippen LogP contribution in [0.25, 0.3) is 0 Å². The van der Waals surface area contributed by atoms with Crippen molar-refractivity contribution >= 4 is 11.9 Å². The summed E-state index contributed by atoms with van der Waals surface area (Å²) < 4.78 is 15.4. The van der Waals surface area contributed by atoms with Crippen LogP contribution in [0.3, 0.4) is 0 Å². The van der Waals surface area contributed by atoms with Gasteiger partial charge in [0.15, 0.2) is 11.6 Å². The van der Waals surface area contributed by atoms with E-state index in [1.807, 2.05) is 6.92 Å². The standard InChI is InChI=1S/C14H17N3O6/c1-4-21-8(2)12-15-11(23-16-12)7-17(3)13(18)9-5-6-10(22-9)14(19)20/h5-6,8H,4,7H2,1-3H3,(H,19,20). The number of carbonyl (C=O) groups is 2. The molecule has 9 nitrogen and oxygen atoms in total. The lowest BCUT2D eigenvalue weighted by Gasteiger charge is -2.12. The van der Waals surface area contributed by atoms with Gasteiger partial charge in [-0.2, -0.15) is 4.98 Å². The zero-order chi connectivity index (χ0) is 17.0. The van der Waals surface area contributed by atoms with Crippen molar-refractivity contribution < 1.29 is 28.4 Å². The molecule has 2 aromatic heterocycles. The van der Waals surface area contributed by atoms with Gasteiger partial charge in [-0.1, -0.05) is 5.16 Å². The number of aromatic nitrogens is 2. The molecule has 2 heterocycles. The quantitative estimate of drug-likeness (QED) is 0.818. The average Bonchev–Trinajstić information content (AvgIpc) is 3.15.